The van der Waals surface area contributed by atoms with Gasteiger partial charge in [0.05, 0.1) is 12.1 Å². The van der Waals surface area contributed by atoms with E-state index in [0.717, 1.165) is 11.3 Å². The van der Waals surface area contributed by atoms with Crippen molar-refractivity contribution >= 4 is 18.3 Å². The number of halogens is 1. The quantitative estimate of drug-likeness (QED) is 0.860. The van der Waals surface area contributed by atoms with E-state index in [9.17, 15) is 4.79 Å². The predicted octanol–water partition coefficient (Wildman–Crippen LogP) is 1.86. The number of ether oxygens (including phenoxy) is 1. The van der Waals surface area contributed by atoms with Crippen LogP contribution in [-0.2, 0) is 11.3 Å². The molecule has 18 heavy (non-hydrogen) atoms. The van der Waals surface area contributed by atoms with Crippen molar-refractivity contribution in [1.29, 1.82) is 0 Å². The molecule has 5 heteroatoms. The Hall–Kier alpha value is -1.26. The minimum absolute atomic E-state index is 0. The predicted molar refractivity (Wildman–Crippen MR) is 75.0 cm³/mol. The van der Waals surface area contributed by atoms with Crippen molar-refractivity contribution in [2.75, 3.05) is 0 Å². The summed E-state index contributed by atoms with van der Waals surface area (Å²) in [5.41, 5.74) is 6.43. The van der Waals surface area contributed by atoms with E-state index in [1.807, 2.05) is 38.1 Å². The third-order valence-corrected chi connectivity index (χ3v) is 2.20. The third-order valence-electron chi connectivity index (χ3n) is 2.20. The lowest BCUT2D eigenvalue weighted by Crippen LogP contribution is -2.37. The van der Waals surface area contributed by atoms with Crippen LogP contribution in [0.3, 0.4) is 0 Å². The van der Waals surface area contributed by atoms with Gasteiger partial charge in [0.1, 0.15) is 5.75 Å². The van der Waals surface area contributed by atoms with Crippen LogP contribution in [0.25, 0.3) is 0 Å². The number of nitrogens with two attached hydrogens (primary N) is 1. The molecule has 0 aromatic heterocycles. The molecule has 1 amide bonds. The number of benzene rings is 1. The molecule has 3 N–H and O–H groups in total. The molecule has 0 aliphatic carbocycles. The van der Waals surface area contributed by atoms with Gasteiger partial charge in [-0.05, 0) is 26.8 Å². The van der Waals surface area contributed by atoms with E-state index in [2.05, 4.69) is 5.32 Å². The maximum atomic E-state index is 11.4. The number of hydrogen-bond donors (Lipinski definition) is 2. The second kappa shape index (κ2) is 7.95. The van der Waals surface area contributed by atoms with Crippen molar-refractivity contribution < 1.29 is 9.53 Å². The second-order valence-electron chi connectivity index (χ2n) is 4.28. The maximum Gasteiger partial charge on any atom is 0.236 e. The van der Waals surface area contributed by atoms with Crippen LogP contribution in [0.15, 0.2) is 24.3 Å². The molecular weight excluding hydrogens is 252 g/mol. The van der Waals surface area contributed by atoms with Crippen molar-refractivity contribution in [3.8, 4) is 5.75 Å². The van der Waals surface area contributed by atoms with Crippen LogP contribution < -0.4 is 15.8 Å². The van der Waals surface area contributed by atoms with Gasteiger partial charge < -0.3 is 15.8 Å². The number of carbonyl (C=O) groups is 1. The minimum Gasteiger partial charge on any atom is -0.491 e. The maximum absolute atomic E-state index is 11.4. The highest BCUT2D eigenvalue weighted by atomic mass is 35.5. The standard InChI is InChI=1S/C13H20N2O2.ClH/c1-9(2)17-12-7-5-4-6-11(12)8-15-13(16)10(3)14;/h4-7,9-10H,8,14H2,1-3H3,(H,15,16);1H/t10-;/m0./s1. The number of amides is 1. The summed E-state index contributed by atoms with van der Waals surface area (Å²) in [4.78, 5) is 11.4. The Morgan fingerprint density at radius 3 is 2.50 bits per heavy atom. The van der Waals surface area contributed by atoms with Crippen LogP contribution in [0.1, 0.15) is 26.3 Å². The fourth-order valence-electron chi connectivity index (χ4n) is 1.36. The monoisotopic (exact) mass is 272 g/mol. The number of rotatable bonds is 5. The highest BCUT2D eigenvalue weighted by molar-refractivity contribution is 5.85. The molecule has 102 valence electrons. The van der Waals surface area contributed by atoms with Gasteiger partial charge >= 0.3 is 0 Å². The molecule has 0 bridgehead atoms. The summed E-state index contributed by atoms with van der Waals surface area (Å²) >= 11 is 0. The Morgan fingerprint density at radius 2 is 1.94 bits per heavy atom. The molecule has 1 atom stereocenters. The fraction of sp³-hybridized carbons (Fsp3) is 0.462. The van der Waals surface area contributed by atoms with Crippen molar-refractivity contribution in [3.63, 3.8) is 0 Å². The molecule has 0 aliphatic heterocycles. The van der Waals surface area contributed by atoms with E-state index in [0.29, 0.717) is 6.54 Å². The third kappa shape index (κ3) is 5.38. The smallest absolute Gasteiger partial charge is 0.236 e. The number of para-hydroxylation sites is 1. The molecular formula is C13H21ClN2O2. The van der Waals surface area contributed by atoms with E-state index in [4.69, 9.17) is 10.5 Å². The molecule has 0 fully saturated rings. The van der Waals surface area contributed by atoms with Crippen LogP contribution >= 0.6 is 12.4 Å². The highest BCUT2D eigenvalue weighted by Crippen LogP contribution is 2.18. The van der Waals surface area contributed by atoms with Crippen LogP contribution in [0.2, 0.25) is 0 Å². The molecule has 0 radical (unpaired) electrons. The van der Waals surface area contributed by atoms with E-state index in [-0.39, 0.29) is 24.4 Å². The van der Waals surface area contributed by atoms with Crippen molar-refractivity contribution in [1.82, 2.24) is 5.32 Å². The zero-order chi connectivity index (χ0) is 12.8. The molecule has 0 saturated carbocycles. The Balaban J connectivity index is 0.00000289. The Morgan fingerprint density at radius 1 is 1.33 bits per heavy atom. The average Bonchev–Trinajstić information content (AvgIpc) is 2.26. The van der Waals surface area contributed by atoms with E-state index in [1.54, 1.807) is 6.92 Å². The fourth-order valence-corrected chi connectivity index (χ4v) is 1.36. The zero-order valence-electron chi connectivity index (χ0n) is 11.0. The van der Waals surface area contributed by atoms with E-state index < -0.39 is 6.04 Å². The number of hydrogen-bond acceptors (Lipinski definition) is 3. The normalized spacial score (nSPS) is 11.6. The lowest BCUT2D eigenvalue weighted by molar-refractivity contribution is -0.122. The topological polar surface area (TPSA) is 64.3 Å². The van der Waals surface area contributed by atoms with E-state index >= 15 is 0 Å². The Kier molecular flexibility index (Phi) is 7.39. The molecule has 0 aliphatic rings. The summed E-state index contributed by atoms with van der Waals surface area (Å²) < 4.78 is 5.66. The van der Waals surface area contributed by atoms with Gasteiger partial charge in [-0.15, -0.1) is 12.4 Å². The summed E-state index contributed by atoms with van der Waals surface area (Å²) in [6, 6.07) is 7.16. The summed E-state index contributed by atoms with van der Waals surface area (Å²) in [5.74, 6) is 0.636. The highest BCUT2D eigenvalue weighted by Gasteiger charge is 2.09. The van der Waals surface area contributed by atoms with E-state index in [1.165, 1.54) is 0 Å². The molecule has 0 unspecified atom stereocenters. The first kappa shape index (κ1) is 16.7. The SMILES string of the molecule is CC(C)Oc1ccccc1CNC(=O)[C@H](C)N.Cl. The molecule has 1 rings (SSSR count). The largest absolute Gasteiger partial charge is 0.491 e. The van der Waals surface area contributed by atoms with Gasteiger partial charge in [-0.25, -0.2) is 0 Å². The molecule has 0 saturated heterocycles. The Labute approximate surface area is 114 Å². The lowest BCUT2D eigenvalue weighted by atomic mass is 10.2. The zero-order valence-corrected chi connectivity index (χ0v) is 11.8. The summed E-state index contributed by atoms with van der Waals surface area (Å²) in [7, 11) is 0. The van der Waals surface area contributed by atoms with Gasteiger partial charge in [0, 0.05) is 12.1 Å². The summed E-state index contributed by atoms with van der Waals surface area (Å²) in [6.45, 7) is 6.03. The minimum atomic E-state index is -0.492. The second-order valence-corrected chi connectivity index (χ2v) is 4.28. The van der Waals surface area contributed by atoms with Crippen molar-refractivity contribution in [3.05, 3.63) is 29.8 Å². The molecule has 1 aromatic rings. The summed E-state index contributed by atoms with van der Waals surface area (Å²) in [6.07, 6.45) is 0.111. The average molecular weight is 273 g/mol. The molecule has 1 aromatic carbocycles. The summed E-state index contributed by atoms with van der Waals surface area (Å²) in [5, 5.41) is 2.77. The van der Waals surface area contributed by atoms with Crippen LogP contribution in [-0.4, -0.2) is 18.1 Å². The molecule has 4 nitrogen and oxygen atoms in total. The number of carbonyl (C=O) groups excluding carboxylic acids is 1. The van der Waals surface area contributed by atoms with Gasteiger partial charge in [0.25, 0.3) is 0 Å². The van der Waals surface area contributed by atoms with Gasteiger partial charge in [0.2, 0.25) is 5.91 Å². The van der Waals surface area contributed by atoms with Crippen molar-refractivity contribution in [2.24, 2.45) is 5.73 Å². The van der Waals surface area contributed by atoms with Gasteiger partial charge in [-0.3, -0.25) is 4.79 Å². The lowest BCUT2D eigenvalue weighted by Gasteiger charge is -2.15. The first-order valence-corrected chi connectivity index (χ1v) is 5.78. The van der Waals surface area contributed by atoms with Gasteiger partial charge in [-0.2, -0.15) is 0 Å². The van der Waals surface area contributed by atoms with Crippen LogP contribution in [0.5, 0.6) is 5.75 Å². The Bertz CT molecular complexity index is 381. The first-order valence-electron chi connectivity index (χ1n) is 5.78. The number of nitrogens with one attached hydrogen (secondary N) is 1. The van der Waals surface area contributed by atoms with Gasteiger partial charge in [-0.1, -0.05) is 18.2 Å². The van der Waals surface area contributed by atoms with Crippen LogP contribution in [0.4, 0.5) is 0 Å². The van der Waals surface area contributed by atoms with Crippen molar-refractivity contribution in [2.45, 2.75) is 39.5 Å². The van der Waals surface area contributed by atoms with Crippen LogP contribution in [0, 0.1) is 0 Å². The first-order chi connectivity index (χ1) is 8.00. The van der Waals surface area contributed by atoms with Gasteiger partial charge in [0.15, 0.2) is 0 Å². The molecule has 0 spiro atoms. The molecule has 0 heterocycles.